The quantitative estimate of drug-likeness (QED) is 0.613. The van der Waals surface area contributed by atoms with Gasteiger partial charge in [0.25, 0.3) is 0 Å². The van der Waals surface area contributed by atoms with E-state index in [0.29, 0.717) is 6.04 Å². The number of nitrogens with zero attached hydrogens (tertiary/aromatic N) is 2. The second kappa shape index (κ2) is 5.79. The molecule has 0 bridgehead atoms. The molecule has 1 heterocycles. The number of hydrogen-bond acceptors (Lipinski definition) is 1. The molecule has 0 radical (unpaired) electrons. The van der Waals surface area contributed by atoms with E-state index in [1.165, 1.54) is 32.1 Å². The Hall–Kier alpha value is -0.790. The molecule has 0 amide bonds. The van der Waals surface area contributed by atoms with Crippen LogP contribution in [0.2, 0.25) is 0 Å². The first-order valence-corrected chi connectivity index (χ1v) is 5.32. The van der Waals surface area contributed by atoms with Gasteiger partial charge in [-0.05, 0) is 13.3 Å². The maximum atomic E-state index is 4.05. The van der Waals surface area contributed by atoms with E-state index in [9.17, 15) is 0 Å². The summed E-state index contributed by atoms with van der Waals surface area (Å²) in [4.78, 5) is 4.05. The zero-order valence-corrected chi connectivity index (χ0v) is 8.74. The van der Waals surface area contributed by atoms with Crippen LogP contribution in [0.3, 0.4) is 0 Å². The second-order valence-electron chi connectivity index (χ2n) is 3.71. The zero-order chi connectivity index (χ0) is 9.52. The Morgan fingerprint density at radius 1 is 1.31 bits per heavy atom. The molecule has 0 aliphatic rings. The van der Waals surface area contributed by atoms with E-state index in [1.807, 2.05) is 18.7 Å². The molecule has 0 fully saturated rings. The molecule has 0 saturated heterocycles. The summed E-state index contributed by atoms with van der Waals surface area (Å²) in [5.41, 5.74) is 0. The third-order valence-corrected chi connectivity index (χ3v) is 2.51. The van der Waals surface area contributed by atoms with Crippen LogP contribution in [0.5, 0.6) is 0 Å². The highest BCUT2D eigenvalue weighted by Gasteiger charge is 2.01. The van der Waals surface area contributed by atoms with Crippen LogP contribution in [0.4, 0.5) is 0 Å². The largest absolute Gasteiger partial charge is 0.335 e. The molecule has 0 aromatic carbocycles. The number of imidazole rings is 1. The Morgan fingerprint density at radius 3 is 2.77 bits per heavy atom. The van der Waals surface area contributed by atoms with Gasteiger partial charge in [0.05, 0.1) is 6.33 Å². The summed E-state index contributed by atoms with van der Waals surface area (Å²) in [5.74, 6) is 0. The minimum atomic E-state index is 0.611. The maximum absolute atomic E-state index is 4.05. The lowest BCUT2D eigenvalue weighted by atomic mass is 10.1. The molecular weight excluding hydrogens is 160 g/mol. The van der Waals surface area contributed by atoms with E-state index in [0.717, 1.165) is 0 Å². The molecule has 0 spiro atoms. The predicted molar refractivity (Wildman–Crippen MR) is 55.7 cm³/mol. The molecule has 1 rings (SSSR count). The van der Waals surface area contributed by atoms with Crippen molar-refractivity contribution >= 4 is 0 Å². The summed E-state index contributed by atoms with van der Waals surface area (Å²) < 4.78 is 2.19. The van der Waals surface area contributed by atoms with Crippen LogP contribution in [0.1, 0.15) is 52.0 Å². The van der Waals surface area contributed by atoms with Gasteiger partial charge in [0, 0.05) is 18.4 Å². The van der Waals surface area contributed by atoms with Crippen molar-refractivity contribution in [2.45, 2.75) is 52.0 Å². The predicted octanol–water partition coefficient (Wildman–Crippen LogP) is 3.41. The van der Waals surface area contributed by atoms with Crippen molar-refractivity contribution in [3.63, 3.8) is 0 Å². The lowest BCUT2D eigenvalue weighted by molar-refractivity contribution is 0.472. The molecule has 0 aliphatic carbocycles. The minimum absolute atomic E-state index is 0.611. The van der Waals surface area contributed by atoms with Crippen LogP contribution in [0.15, 0.2) is 18.7 Å². The molecule has 0 saturated carbocycles. The smallest absolute Gasteiger partial charge is 0.0948 e. The molecule has 1 unspecified atom stereocenters. The first-order chi connectivity index (χ1) is 6.34. The van der Waals surface area contributed by atoms with E-state index in [1.54, 1.807) is 0 Å². The van der Waals surface area contributed by atoms with Crippen molar-refractivity contribution in [1.82, 2.24) is 9.55 Å². The molecule has 2 heteroatoms. The van der Waals surface area contributed by atoms with Crippen molar-refractivity contribution < 1.29 is 0 Å². The first-order valence-electron chi connectivity index (χ1n) is 5.32. The van der Waals surface area contributed by atoms with E-state index in [4.69, 9.17) is 0 Å². The number of rotatable bonds is 6. The number of unbranched alkanes of at least 4 members (excludes halogenated alkanes) is 3. The summed E-state index contributed by atoms with van der Waals surface area (Å²) >= 11 is 0. The Bertz CT molecular complexity index is 204. The molecule has 74 valence electrons. The molecule has 13 heavy (non-hydrogen) atoms. The molecule has 0 N–H and O–H groups in total. The molecule has 1 atom stereocenters. The zero-order valence-electron chi connectivity index (χ0n) is 8.74. The fourth-order valence-corrected chi connectivity index (χ4v) is 1.55. The Labute approximate surface area is 81.0 Å². The van der Waals surface area contributed by atoms with Crippen molar-refractivity contribution in [1.29, 1.82) is 0 Å². The minimum Gasteiger partial charge on any atom is -0.335 e. The van der Waals surface area contributed by atoms with Gasteiger partial charge in [0.2, 0.25) is 0 Å². The van der Waals surface area contributed by atoms with Crippen molar-refractivity contribution in [2.75, 3.05) is 0 Å². The Balaban J connectivity index is 2.15. The van der Waals surface area contributed by atoms with Gasteiger partial charge in [-0.15, -0.1) is 0 Å². The summed E-state index contributed by atoms with van der Waals surface area (Å²) in [7, 11) is 0. The van der Waals surface area contributed by atoms with E-state index < -0.39 is 0 Å². The van der Waals surface area contributed by atoms with Crippen LogP contribution in [0, 0.1) is 0 Å². The second-order valence-corrected chi connectivity index (χ2v) is 3.71. The third kappa shape index (κ3) is 3.62. The number of aromatic nitrogens is 2. The first kappa shape index (κ1) is 10.3. The average Bonchev–Trinajstić information content (AvgIpc) is 2.65. The summed E-state index contributed by atoms with van der Waals surface area (Å²) in [6, 6.07) is 0.611. The van der Waals surface area contributed by atoms with Gasteiger partial charge in [0.1, 0.15) is 0 Å². The van der Waals surface area contributed by atoms with Gasteiger partial charge in [-0.1, -0.05) is 32.6 Å². The standard InChI is InChI=1S/C11H20N2/c1-3-4-5-6-7-11(2)13-9-8-12-10-13/h8-11H,3-7H2,1-2H3. The summed E-state index contributed by atoms with van der Waals surface area (Å²) in [6.45, 7) is 4.51. The molecular formula is C11H20N2. The van der Waals surface area contributed by atoms with Crippen molar-refractivity contribution in [2.24, 2.45) is 0 Å². The van der Waals surface area contributed by atoms with Gasteiger partial charge in [-0.25, -0.2) is 4.98 Å². The van der Waals surface area contributed by atoms with E-state index >= 15 is 0 Å². The van der Waals surface area contributed by atoms with Crippen LogP contribution in [-0.4, -0.2) is 9.55 Å². The van der Waals surface area contributed by atoms with Gasteiger partial charge >= 0.3 is 0 Å². The topological polar surface area (TPSA) is 17.8 Å². The lowest BCUT2D eigenvalue weighted by Gasteiger charge is -2.11. The highest BCUT2D eigenvalue weighted by atomic mass is 15.0. The molecule has 2 nitrogen and oxygen atoms in total. The van der Waals surface area contributed by atoms with Crippen LogP contribution >= 0.6 is 0 Å². The van der Waals surface area contributed by atoms with Gasteiger partial charge < -0.3 is 4.57 Å². The normalized spacial score (nSPS) is 13.1. The van der Waals surface area contributed by atoms with Crippen molar-refractivity contribution in [3.8, 4) is 0 Å². The SMILES string of the molecule is CCCCCCC(C)n1ccnc1. The molecule has 1 aromatic rings. The fourth-order valence-electron chi connectivity index (χ4n) is 1.55. The van der Waals surface area contributed by atoms with E-state index in [-0.39, 0.29) is 0 Å². The monoisotopic (exact) mass is 180 g/mol. The van der Waals surface area contributed by atoms with Crippen LogP contribution in [-0.2, 0) is 0 Å². The summed E-state index contributed by atoms with van der Waals surface area (Å²) in [5, 5.41) is 0. The van der Waals surface area contributed by atoms with Crippen LogP contribution in [0.25, 0.3) is 0 Å². The molecule has 0 aliphatic heterocycles. The fraction of sp³-hybridized carbons (Fsp3) is 0.727. The Kier molecular flexibility index (Phi) is 4.58. The maximum Gasteiger partial charge on any atom is 0.0948 e. The van der Waals surface area contributed by atoms with Crippen molar-refractivity contribution in [3.05, 3.63) is 18.7 Å². The lowest BCUT2D eigenvalue weighted by Crippen LogP contribution is -2.01. The highest BCUT2D eigenvalue weighted by Crippen LogP contribution is 2.14. The summed E-state index contributed by atoms with van der Waals surface area (Å²) in [6.07, 6.45) is 12.5. The molecule has 1 aromatic heterocycles. The highest BCUT2D eigenvalue weighted by molar-refractivity contribution is 4.78. The third-order valence-electron chi connectivity index (χ3n) is 2.51. The van der Waals surface area contributed by atoms with Gasteiger partial charge in [-0.3, -0.25) is 0 Å². The van der Waals surface area contributed by atoms with Gasteiger partial charge in [-0.2, -0.15) is 0 Å². The number of hydrogen-bond donors (Lipinski definition) is 0. The Morgan fingerprint density at radius 2 is 2.15 bits per heavy atom. The van der Waals surface area contributed by atoms with Crippen LogP contribution < -0.4 is 0 Å². The average molecular weight is 180 g/mol. The van der Waals surface area contributed by atoms with E-state index in [2.05, 4.69) is 23.4 Å². The van der Waals surface area contributed by atoms with Gasteiger partial charge in [0.15, 0.2) is 0 Å².